The van der Waals surface area contributed by atoms with Crippen LogP contribution in [0, 0.1) is 0 Å². The normalized spacial score (nSPS) is 18.0. The van der Waals surface area contributed by atoms with Gasteiger partial charge in [0, 0.05) is 5.54 Å². The van der Waals surface area contributed by atoms with Crippen molar-refractivity contribution in [2.24, 2.45) is 11.6 Å². The summed E-state index contributed by atoms with van der Waals surface area (Å²) in [5.41, 5.74) is 5.37. The lowest BCUT2D eigenvalue weighted by Gasteiger charge is -2.19. The molecule has 50 valence electrons. The quantitative estimate of drug-likeness (QED) is 0.513. The summed E-state index contributed by atoms with van der Waals surface area (Å²) in [6.45, 7) is 4.32. The van der Waals surface area contributed by atoms with E-state index in [0.29, 0.717) is 6.61 Å². The third-order valence-corrected chi connectivity index (χ3v) is 1.22. The van der Waals surface area contributed by atoms with E-state index in [-0.39, 0.29) is 5.54 Å². The minimum Gasteiger partial charge on any atom is -0.323 e. The van der Waals surface area contributed by atoms with Crippen LogP contribution in [0.15, 0.2) is 0 Å². The highest BCUT2D eigenvalue weighted by Crippen LogP contribution is 2.02. The summed E-state index contributed by atoms with van der Waals surface area (Å²) >= 11 is 0. The second-order valence-corrected chi connectivity index (χ2v) is 2.32. The van der Waals surface area contributed by atoms with E-state index < -0.39 is 0 Å². The maximum atomic E-state index is 5.62. The highest BCUT2D eigenvalue weighted by Gasteiger charge is 2.14. The molecule has 3 heteroatoms. The molecule has 0 rings (SSSR count). The summed E-state index contributed by atoms with van der Waals surface area (Å²) in [6.07, 6.45) is 0.879. The van der Waals surface area contributed by atoms with Gasteiger partial charge in [0.25, 0.3) is 0 Å². The maximum Gasteiger partial charge on any atom is 0.0856 e. The molecule has 0 aliphatic carbocycles. The van der Waals surface area contributed by atoms with Gasteiger partial charge < -0.3 is 10.6 Å². The van der Waals surface area contributed by atoms with Crippen molar-refractivity contribution in [2.75, 3.05) is 6.61 Å². The van der Waals surface area contributed by atoms with Crippen molar-refractivity contribution in [3.63, 3.8) is 0 Å². The smallest absolute Gasteiger partial charge is 0.0856 e. The first-order chi connectivity index (χ1) is 3.62. The second-order valence-electron chi connectivity index (χ2n) is 2.32. The third-order valence-electron chi connectivity index (χ3n) is 1.22. The second kappa shape index (κ2) is 3.02. The molecule has 0 heterocycles. The van der Waals surface area contributed by atoms with Crippen molar-refractivity contribution in [2.45, 2.75) is 25.8 Å². The van der Waals surface area contributed by atoms with Gasteiger partial charge >= 0.3 is 0 Å². The van der Waals surface area contributed by atoms with Crippen LogP contribution in [0.25, 0.3) is 0 Å². The Morgan fingerprint density at radius 2 is 2.12 bits per heavy atom. The van der Waals surface area contributed by atoms with Crippen LogP contribution in [0.5, 0.6) is 0 Å². The number of hydrogen-bond acceptors (Lipinski definition) is 3. The molecule has 8 heavy (non-hydrogen) atoms. The fraction of sp³-hybridized carbons (Fsp3) is 1.00. The molecule has 0 aromatic carbocycles. The first-order valence-corrected chi connectivity index (χ1v) is 2.73. The zero-order valence-electron chi connectivity index (χ0n) is 5.48. The monoisotopic (exact) mass is 118 g/mol. The van der Waals surface area contributed by atoms with Gasteiger partial charge in [-0.2, -0.15) is 0 Å². The van der Waals surface area contributed by atoms with Crippen LogP contribution in [0.1, 0.15) is 20.3 Å². The van der Waals surface area contributed by atoms with E-state index in [1.54, 1.807) is 0 Å². The van der Waals surface area contributed by atoms with E-state index in [9.17, 15) is 0 Å². The molecule has 0 saturated carbocycles. The molecule has 0 radical (unpaired) electrons. The van der Waals surface area contributed by atoms with E-state index in [1.807, 2.05) is 13.8 Å². The van der Waals surface area contributed by atoms with E-state index in [1.165, 1.54) is 0 Å². The highest BCUT2D eigenvalue weighted by molar-refractivity contribution is 4.74. The predicted octanol–water partition coefficient (Wildman–Crippen LogP) is 0.00410. The third kappa shape index (κ3) is 2.96. The Balaban J connectivity index is 3.37. The van der Waals surface area contributed by atoms with Crippen LogP contribution in [-0.4, -0.2) is 12.1 Å². The predicted molar refractivity (Wildman–Crippen MR) is 33.0 cm³/mol. The van der Waals surface area contributed by atoms with Gasteiger partial charge in [0.05, 0.1) is 6.61 Å². The summed E-state index contributed by atoms with van der Waals surface area (Å²) in [6, 6.07) is 0. The first-order valence-electron chi connectivity index (χ1n) is 2.73. The van der Waals surface area contributed by atoms with E-state index in [4.69, 9.17) is 11.6 Å². The lowest BCUT2D eigenvalue weighted by atomic mass is 10.0. The zero-order valence-corrected chi connectivity index (χ0v) is 5.48. The lowest BCUT2D eigenvalue weighted by Crippen LogP contribution is -2.41. The molecule has 0 amide bonds. The van der Waals surface area contributed by atoms with Gasteiger partial charge in [-0.3, -0.25) is 0 Å². The van der Waals surface area contributed by atoms with E-state index in [0.717, 1.165) is 6.42 Å². The van der Waals surface area contributed by atoms with E-state index >= 15 is 0 Å². The van der Waals surface area contributed by atoms with Gasteiger partial charge in [-0.25, -0.2) is 5.90 Å². The highest BCUT2D eigenvalue weighted by atomic mass is 16.6. The number of rotatable bonds is 3. The topological polar surface area (TPSA) is 61.3 Å². The van der Waals surface area contributed by atoms with Crippen LogP contribution in [0.3, 0.4) is 0 Å². The van der Waals surface area contributed by atoms with Gasteiger partial charge in [0.1, 0.15) is 0 Å². The zero-order chi connectivity index (χ0) is 6.62. The Bertz CT molecular complexity index is 63.4. The minimum absolute atomic E-state index is 0.255. The summed E-state index contributed by atoms with van der Waals surface area (Å²) in [7, 11) is 0. The molecule has 0 aliphatic heterocycles. The molecule has 0 spiro atoms. The summed E-state index contributed by atoms with van der Waals surface area (Å²) < 4.78 is 0. The molecular formula is C5H14N2O. The SMILES string of the molecule is CCC(C)(N)CON. The van der Waals surface area contributed by atoms with Crippen LogP contribution < -0.4 is 11.6 Å². The van der Waals surface area contributed by atoms with Crippen molar-refractivity contribution >= 4 is 0 Å². The fourth-order valence-electron chi connectivity index (χ4n) is 0.292. The molecule has 0 aliphatic rings. The molecule has 1 unspecified atom stereocenters. The van der Waals surface area contributed by atoms with Crippen molar-refractivity contribution in [3.8, 4) is 0 Å². The van der Waals surface area contributed by atoms with Gasteiger partial charge in [0.15, 0.2) is 0 Å². The van der Waals surface area contributed by atoms with Crippen LogP contribution in [0.4, 0.5) is 0 Å². The summed E-state index contributed by atoms with van der Waals surface area (Å²) in [5, 5.41) is 0. The average Bonchev–Trinajstić information content (AvgIpc) is 1.67. The first kappa shape index (κ1) is 7.88. The number of nitrogens with two attached hydrogens (primary N) is 2. The maximum absolute atomic E-state index is 5.62. The average molecular weight is 118 g/mol. The Labute approximate surface area is 49.9 Å². The van der Waals surface area contributed by atoms with Crippen molar-refractivity contribution in [1.82, 2.24) is 0 Å². The lowest BCUT2D eigenvalue weighted by molar-refractivity contribution is 0.0910. The van der Waals surface area contributed by atoms with Crippen molar-refractivity contribution < 1.29 is 4.84 Å². The molecule has 0 aromatic heterocycles. The van der Waals surface area contributed by atoms with Gasteiger partial charge in [-0.15, -0.1) is 0 Å². The summed E-state index contributed by atoms with van der Waals surface area (Å²) in [4.78, 5) is 4.37. The van der Waals surface area contributed by atoms with Gasteiger partial charge in [0.2, 0.25) is 0 Å². The molecule has 0 bridgehead atoms. The largest absolute Gasteiger partial charge is 0.323 e. The number of hydrogen-bond donors (Lipinski definition) is 2. The fourth-order valence-corrected chi connectivity index (χ4v) is 0.292. The summed E-state index contributed by atoms with van der Waals surface area (Å²) in [5.74, 6) is 4.81. The standard InChI is InChI=1S/C5H14N2O/c1-3-5(2,6)4-8-7/h3-4,6-7H2,1-2H3. The van der Waals surface area contributed by atoms with Gasteiger partial charge in [-0.05, 0) is 13.3 Å². The molecule has 0 saturated heterocycles. The molecular weight excluding hydrogens is 104 g/mol. The van der Waals surface area contributed by atoms with Crippen LogP contribution >= 0.6 is 0 Å². The van der Waals surface area contributed by atoms with Crippen LogP contribution in [-0.2, 0) is 4.84 Å². The Morgan fingerprint density at radius 3 is 2.25 bits per heavy atom. The van der Waals surface area contributed by atoms with Gasteiger partial charge in [-0.1, -0.05) is 6.92 Å². The van der Waals surface area contributed by atoms with E-state index in [2.05, 4.69) is 4.84 Å². The Morgan fingerprint density at radius 1 is 1.62 bits per heavy atom. The molecule has 1 atom stereocenters. The molecule has 0 aromatic rings. The van der Waals surface area contributed by atoms with Crippen LogP contribution in [0.2, 0.25) is 0 Å². The minimum atomic E-state index is -0.255. The Hall–Kier alpha value is -0.120. The molecule has 0 fully saturated rings. The van der Waals surface area contributed by atoms with Crippen molar-refractivity contribution in [3.05, 3.63) is 0 Å². The molecule has 3 nitrogen and oxygen atoms in total. The molecule has 4 N–H and O–H groups in total. The Kier molecular flexibility index (Phi) is 2.97. The van der Waals surface area contributed by atoms with Crippen molar-refractivity contribution in [1.29, 1.82) is 0 Å².